The quantitative estimate of drug-likeness (QED) is 0.870. The molecule has 0 radical (unpaired) electrons. The van der Waals surface area contributed by atoms with Gasteiger partial charge in [-0.3, -0.25) is 0 Å². The molecule has 1 aromatic carbocycles. The Morgan fingerprint density at radius 2 is 2.11 bits per heavy atom. The zero-order valence-electron chi connectivity index (χ0n) is 11.1. The minimum atomic E-state index is 0.313. The van der Waals surface area contributed by atoms with Crippen molar-refractivity contribution in [3.8, 4) is 5.75 Å². The van der Waals surface area contributed by atoms with Crippen molar-refractivity contribution in [2.75, 3.05) is 18.6 Å². The zero-order valence-corrected chi connectivity index (χ0v) is 11.1. The molecule has 2 unspecified atom stereocenters. The molecule has 1 aliphatic carbocycles. The van der Waals surface area contributed by atoms with E-state index in [1.807, 2.05) is 0 Å². The van der Waals surface area contributed by atoms with Crippen molar-refractivity contribution in [3.63, 3.8) is 0 Å². The Morgan fingerprint density at radius 1 is 1.28 bits per heavy atom. The Hall–Kier alpha value is -1.22. The maximum absolute atomic E-state index is 6.26. The van der Waals surface area contributed by atoms with Gasteiger partial charge in [-0.1, -0.05) is 12.8 Å². The topological polar surface area (TPSA) is 38.5 Å². The summed E-state index contributed by atoms with van der Waals surface area (Å²) >= 11 is 0. The average molecular weight is 246 g/mol. The van der Waals surface area contributed by atoms with E-state index in [1.165, 1.54) is 30.5 Å². The fraction of sp³-hybridized carbons (Fsp3) is 0.600. The standard InChI is InChI=1S/C15H22N2O/c1-17(14-5-3-2-4-13(14)16)12-6-7-15-11(10-12)8-9-18-15/h6-7,10,13-14H,2-5,8-9,16H2,1H3. The number of likely N-dealkylation sites (N-methyl/N-ethyl adjacent to an activating group) is 1. The summed E-state index contributed by atoms with van der Waals surface area (Å²) in [6.07, 6.45) is 5.99. The van der Waals surface area contributed by atoms with Crippen LogP contribution in [0.2, 0.25) is 0 Å². The molecule has 1 saturated carbocycles. The lowest BCUT2D eigenvalue weighted by Gasteiger charge is -2.37. The number of anilines is 1. The number of ether oxygens (including phenoxy) is 1. The van der Waals surface area contributed by atoms with Crippen molar-refractivity contribution >= 4 is 5.69 Å². The van der Waals surface area contributed by atoms with Gasteiger partial charge in [-0.05, 0) is 36.6 Å². The predicted octanol–water partition coefficient (Wildman–Crippen LogP) is 2.33. The third kappa shape index (κ3) is 2.07. The Balaban J connectivity index is 1.81. The van der Waals surface area contributed by atoms with Crippen LogP contribution in [0.15, 0.2) is 18.2 Å². The van der Waals surface area contributed by atoms with Crippen LogP contribution in [0.3, 0.4) is 0 Å². The molecule has 0 bridgehead atoms. The minimum absolute atomic E-state index is 0.313. The van der Waals surface area contributed by atoms with E-state index in [0.717, 1.165) is 25.2 Å². The van der Waals surface area contributed by atoms with Gasteiger partial charge in [-0.25, -0.2) is 0 Å². The summed E-state index contributed by atoms with van der Waals surface area (Å²) in [5.41, 5.74) is 8.88. The van der Waals surface area contributed by atoms with Gasteiger partial charge >= 0.3 is 0 Å². The van der Waals surface area contributed by atoms with Gasteiger partial charge in [0.05, 0.1) is 6.61 Å². The smallest absolute Gasteiger partial charge is 0.122 e. The molecule has 2 aliphatic rings. The van der Waals surface area contributed by atoms with Gasteiger partial charge < -0.3 is 15.4 Å². The number of rotatable bonds is 2. The summed E-state index contributed by atoms with van der Waals surface area (Å²) < 4.78 is 5.56. The zero-order chi connectivity index (χ0) is 12.5. The molecule has 3 heteroatoms. The molecule has 0 aromatic heterocycles. The molecule has 0 saturated heterocycles. The van der Waals surface area contributed by atoms with Crippen LogP contribution < -0.4 is 15.4 Å². The first-order chi connectivity index (χ1) is 8.75. The van der Waals surface area contributed by atoms with E-state index in [2.05, 4.69) is 30.1 Å². The van der Waals surface area contributed by atoms with Crippen LogP contribution >= 0.6 is 0 Å². The predicted molar refractivity (Wildman–Crippen MR) is 74.3 cm³/mol. The van der Waals surface area contributed by atoms with E-state index >= 15 is 0 Å². The third-order valence-corrected chi connectivity index (χ3v) is 4.36. The van der Waals surface area contributed by atoms with Crippen molar-refractivity contribution in [1.29, 1.82) is 0 Å². The molecule has 3 rings (SSSR count). The molecule has 98 valence electrons. The summed E-state index contributed by atoms with van der Waals surface area (Å²) in [4.78, 5) is 2.36. The molecular formula is C15H22N2O. The van der Waals surface area contributed by atoms with Crippen molar-refractivity contribution in [2.45, 2.75) is 44.2 Å². The number of benzene rings is 1. The molecule has 1 aromatic rings. The first-order valence-corrected chi connectivity index (χ1v) is 7.00. The van der Waals surface area contributed by atoms with Crippen LogP contribution in [0.1, 0.15) is 31.2 Å². The van der Waals surface area contributed by atoms with Crippen molar-refractivity contribution in [1.82, 2.24) is 0 Å². The molecule has 1 heterocycles. The fourth-order valence-electron chi connectivity index (χ4n) is 3.20. The summed E-state index contributed by atoms with van der Waals surface area (Å²) in [5, 5.41) is 0. The number of hydrogen-bond acceptors (Lipinski definition) is 3. The number of fused-ring (bicyclic) bond motifs is 1. The maximum Gasteiger partial charge on any atom is 0.122 e. The molecule has 2 N–H and O–H groups in total. The Morgan fingerprint density at radius 3 is 2.94 bits per heavy atom. The molecule has 2 atom stereocenters. The highest BCUT2D eigenvalue weighted by atomic mass is 16.5. The monoisotopic (exact) mass is 246 g/mol. The van der Waals surface area contributed by atoms with Crippen LogP contribution in [0, 0.1) is 0 Å². The van der Waals surface area contributed by atoms with Crippen molar-refractivity contribution in [2.24, 2.45) is 5.73 Å². The van der Waals surface area contributed by atoms with Crippen LogP contribution in [0.5, 0.6) is 5.75 Å². The lowest BCUT2D eigenvalue weighted by molar-refractivity contribution is 0.356. The lowest BCUT2D eigenvalue weighted by Crippen LogP contribution is -2.48. The SMILES string of the molecule is CN(c1ccc2c(c1)CCO2)C1CCCCC1N. The first-order valence-electron chi connectivity index (χ1n) is 7.00. The highest BCUT2D eigenvalue weighted by Gasteiger charge is 2.26. The average Bonchev–Trinajstić information content (AvgIpc) is 2.85. The Labute approximate surface area is 109 Å². The molecular weight excluding hydrogens is 224 g/mol. The van der Waals surface area contributed by atoms with E-state index < -0.39 is 0 Å². The molecule has 3 nitrogen and oxygen atoms in total. The van der Waals surface area contributed by atoms with E-state index in [0.29, 0.717) is 12.1 Å². The van der Waals surface area contributed by atoms with Crippen LogP contribution in [0.4, 0.5) is 5.69 Å². The second kappa shape index (κ2) is 4.81. The Kier molecular flexibility index (Phi) is 3.16. The van der Waals surface area contributed by atoms with Gasteiger partial charge in [0.25, 0.3) is 0 Å². The summed E-state index contributed by atoms with van der Waals surface area (Å²) in [6.45, 7) is 0.825. The maximum atomic E-state index is 6.26. The van der Waals surface area contributed by atoms with Gasteiger partial charge in [-0.2, -0.15) is 0 Å². The normalized spacial score (nSPS) is 26.6. The summed E-state index contributed by atoms with van der Waals surface area (Å²) in [7, 11) is 2.17. The highest BCUT2D eigenvalue weighted by Crippen LogP contribution is 2.31. The second-order valence-corrected chi connectivity index (χ2v) is 5.52. The van der Waals surface area contributed by atoms with Crippen LogP contribution in [-0.4, -0.2) is 25.7 Å². The lowest BCUT2D eigenvalue weighted by atomic mass is 9.89. The Bertz CT molecular complexity index is 433. The van der Waals surface area contributed by atoms with Gasteiger partial charge in [0.15, 0.2) is 0 Å². The van der Waals surface area contributed by atoms with Crippen LogP contribution in [-0.2, 0) is 6.42 Å². The number of nitrogens with two attached hydrogens (primary N) is 1. The van der Waals surface area contributed by atoms with E-state index in [9.17, 15) is 0 Å². The number of hydrogen-bond donors (Lipinski definition) is 1. The first kappa shape index (κ1) is 11.8. The van der Waals surface area contributed by atoms with E-state index in [-0.39, 0.29) is 0 Å². The summed E-state index contributed by atoms with van der Waals surface area (Å²) in [6, 6.07) is 7.32. The third-order valence-electron chi connectivity index (χ3n) is 4.36. The molecule has 18 heavy (non-hydrogen) atoms. The summed E-state index contributed by atoms with van der Waals surface area (Å²) in [5.74, 6) is 1.06. The molecule has 0 spiro atoms. The second-order valence-electron chi connectivity index (χ2n) is 5.52. The minimum Gasteiger partial charge on any atom is -0.493 e. The largest absolute Gasteiger partial charge is 0.493 e. The van der Waals surface area contributed by atoms with Gasteiger partial charge in [0.1, 0.15) is 5.75 Å². The van der Waals surface area contributed by atoms with Crippen molar-refractivity contribution < 1.29 is 4.74 Å². The van der Waals surface area contributed by atoms with E-state index in [1.54, 1.807) is 0 Å². The number of nitrogens with zero attached hydrogens (tertiary/aromatic N) is 1. The fourth-order valence-corrected chi connectivity index (χ4v) is 3.20. The molecule has 0 amide bonds. The van der Waals surface area contributed by atoms with Gasteiger partial charge in [0, 0.05) is 31.2 Å². The van der Waals surface area contributed by atoms with Crippen LogP contribution in [0.25, 0.3) is 0 Å². The van der Waals surface area contributed by atoms with Crippen molar-refractivity contribution in [3.05, 3.63) is 23.8 Å². The van der Waals surface area contributed by atoms with Gasteiger partial charge in [0.2, 0.25) is 0 Å². The van der Waals surface area contributed by atoms with Gasteiger partial charge in [-0.15, -0.1) is 0 Å². The molecule has 1 fully saturated rings. The van der Waals surface area contributed by atoms with E-state index in [4.69, 9.17) is 10.5 Å². The molecule has 1 aliphatic heterocycles. The highest BCUT2D eigenvalue weighted by molar-refractivity contribution is 5.54.